The number of nitrogens with zero attached hydrogens (tertiary/aromatic N) is 5. The molecule has 2 rings (SSSR count). The average molecular weight is 206 g/mol. The molecule has 0 fully saturated rings. The number of aromatic nitrogens is 5. The van der Waals surface area contributed by atoms with Crippen LogP contribution in [0.25, 0.3) is 0 Å². The number of nitrogens with two attached hydrogens (primary N) is 1. The molecule has 0 spiro atoms. The summed E-state index contributed by atoms with van der Waals surface area (Å²) in [7, 11) is 0. The Morgan fingerprint density at radius 2 is 2.33 bits per heavy atom. The molecule has 2 heterocycles. The van der Waals surface area contributed by atoms with Crippen LogP contribution in [-0.2, 0) is 13.1 Å². The van der Waals surface area contributed by atoms with Crippen molar-refractivity contribution in [3.05, 3.63) is 24.5 Å². The fraction of sp³-hybridized carbons (Fsp3) is 0.444. The van der Waals surface area contributed by atoms with Crippen molar-refractivity contribution < 1.29 is 0 Å². The normalized spacial score (nSPS) is 10.7. The number of aryl methyl sites for hydroxylation is 1. The molecule has 0 saturated carbocycles. The highest BCUT2D eigenvalue weighted by atomic mass is 15.3. The topological polar surface area (TPSA) is 74.5 Å². The van der Waals surface area contributed by atoms with Gasteiger partial charge >= 0.3 is 0 Å². The van der Waals surface area contributed by atoms with E-state index in [0.717, 1.165) is 18.8 Å². The second kappa shape index (κ2) is 4.12. The lowest BCUT2D eigenvalue weighted by Crippen LogP contribution is -2.08. The summed E-state index contributed by atoms with van der Waals surface area (Å²) < 4.78 is 3.78. The first-order valence-electron chi connectivity index (χ1n) is 4.94. The Labute approximate surface area is 87.7 Å². The molecule has 0 aliphatic heterocycles. The van der Waals surface area contributed by atoms with Gasteiger partial charge in [0.15, 0.2) is 5.82 Å². The molecule has 15 heavy (non-hydrogen) atoms. The highest BCUT2D eigenvalue weighted by Crippen LogP contribution is 2.03. The van der Waals surface area contributed by atoms with Gasteiger partial charge in [0.25, 0.3) is 0 Å². The van der Waals surface area contributed by atoms with Gasteiger partial charge in [0.05, 0.1) is 11.9 Å². The first kappa shape index (κ1) is 9.70. The van der Waals surface area contributed by atoms with E-state index >= 15 is 0 Å². The number of hydrogen-bond donors (Lipinski definition) is 1. The maximum Gasteiger partial charge on any atom is 0.154 e. The zero-order chi connectivity index (χ0) is 10.7. The van der Waals surface area contributed by atoms with Gasteiger partial charge in [-0.25, -0.2) is 0 Å². The van der Waals surface area contributed by atoms with Gasteiger partial charge in [0.1, 0.15) is 12.9 Å². The van der Waals surface area contributed by atoms with Gasteiger partial charge in [-0.3, -0.25) is 4.68 Å². The van der Waals surface area contributed by atoms with E-state index in [9.17, 15) is 0 Å². The molecule has 2 N–H and O–H groups in total. The van der Waals surface area contributed by atoms with E-state index in [-0.39, 0.29) is 0 Å². The number of anilines is 1. The third kappa shape index (κ3) is 2.15. The molecule has 0 bridgehead atoms. The van der Waals surface area contributed by atoms with Crippen LogP contribution in [0.1, 0.15) is 19.2 Å². The van der Waals surface area contributed by atoms with Gasteiger partial charge in [-0.1, -0.05) is 6.92 Å². The molecule has 2 aromatic heterocycles. The molecule has 0 unspecified atom stereocenters. The smallest absolute Gasteiger partial charge is 0.154 e. The summed E-state index contributed by atoms with van der Waals surface area (Å²) in [5, 5.41) is 12.0. The Bertz CT molecular complexity index is 429. The second-order valence-corrected chi connectivity index (χ2v) is 3.41. The molecule has 6 nitrogen and oxygen atoms in total. The van der Waals surface area contributed by atoms with Crippen molar-refractivity contribution in [2.75, 3.05) is 5.73 Å². The van der Waals surface area contributed by atoms with Crippen LogP contribution in [0.5, 0.6) is 0 Å². The fourth-order valence-electron chi connectivity index (χ4n) is 1.44. The van der Waals surface area contributed by atoms with Gasteiger partial charge < -0.3 is 10.3 Å². The third-order valence-electron chi connectivity index (χ3n) is 2.12. The monoisotopic (exact) mass is 206 g/mol. The number of nitrogen functional groups attached to an aromatic ring is 1. The van der Waals surface area contributed by atoms with Crippen molar-refractivity contribution in [1.82, 2.24) is 24.5 Å². The van der Waals surface area contributed by atoms with Crippen LogP contribution in [0, 0.1) is 0 Å². The molecule has 0 amide bonds. The van der Waals surface area contributed by atoms with Crippen molar-refractivity contribution in [3.8, 4) is 0 Å². The molecule has 80 valence electrons. The molecule has 0 saturated heterocycles. The molecule has 6 heteroatoms. The summed E-state index contributed by atoms with van der Waals surface area (Å²) >= 11 is 0. The summed E-state index contributed by atoms with van der Waals surface area (Å²) in [6.45, 7) is 3.66. The van der Waals surface area contributed by atoms with Crippen LogP contribution in [0.2, 0.25) is 0 Å². The maximum atomic E-state index is 5.58. The Morgan fingerprint density at radius 3 is 3.00 bits per heavy atom. The van der Waals surface area contributed by atoms with Crippen LogP contribution in [0.3, 0.4) is 0 Å². The van der Waals surface area contributed by atoms with Crippen LogP contribution >= 0.6 is 0 Å². The van der Waals surface area contributed by atoms with Crippen LogP contribution in [-0.4, -0.2) is 24.5 Å². The highest BCUT2D eigenvalue weighted by molar-refractivity contribution is 5.30. The van der Waals surface area contributed by atoms with Gasteiger partial charge in [-0.05, 0) is 6.42 Å². The summed E-state index contributed by atoms with van der Waals surface area (Å²) in [4.78, 5) is 0. The predicted molar refractivity (Wildman–Crippen MR) is 56.1 cm³/mol. The van der Waals surface area contributed by atoms with Crippen molar-refractivity contribution in [2.24, 2.45) is 0 Å². The first-order valence-corrected chi connectivity index (χ1v) is 4.94. The molecule has 2 aromatic rings. The second-order valence-electron chi connectivity index (χ2n) is 3.41. The average Bonchev–Trinajstić information content (AvgIpc) is 2.78. The van der Waals surface area contributed by atoms with E-state index in [0.29, 0.717) is 12.2 Å². The van der Waals surface area contributed by atoms with Gasteiger partial charge in [-0.15, -0.1) is 10.2 Å². The quantitative estimate of drug-likeness (QED) is 0.791. The summed E-state index contributed by atoms with van der Waals surface area (Å²) in [6.07, 6.45) is 6.21. The Hall–Kier alpha value is -1.85. The molecule has 0 atom stereocenters. The Balaban J connectivity index is 2.13. The maximum absolute atomic E-state index is 5.58. The van der Waals surface area contributed by atoms with E-state index in [1.54, 1.807) is 23.4 Å². The van der Waals surface area contributed by atoms with Crippen LogP contribution < -0.4 is 5.73 Å². The van der Waals surface area contributed by atoms with E-state index in [4.69, 9.17) is 5.73 Å². The number of rotatable bonds is 4. The molecule has 0 aliphatic rings. The molecule has 0 radical (unpaired) electrons. The van der Waals surface area contributed by atoms with Crippen molar-refractivity contribution >= 4 is 5.69 Å². The standard InChI is InChI=1S/C9H14N6/c1-2-3-14-7-11-13-9(14)6-15-5-8(10)4-12-15/h4-5,7H,2-3,6,10H2,1H3. The SMILES string of the molecule is CCCn1cnnc1Cn1cc(N)cn1. The van der Waals surface area contributed by atoms with E-state index in [2.05, 4.69) is 22.2 Å². The summed E-state index contributed by atoms with van der Waals surface area (Å²) in [5.41, 5.74) is 6.24. The minimum absolute atomic E-state index is 0.608. The predicted octanol–water partition coefficient (Wildman–Crippen LogP) is 0.515. The summed E-state index contributed by atoms with van der Waals surface area (Å²) in [6, 6.07) is 0. The largest absolute Gasteiger partial charge is 0.396 e. The van der Waals surface area contributed by atoms with Crippen molar-refractivity contribution in [2.45, 2.75) is 26.4 Å². The molecule has 0 aliphatic carbocycles. The zero-order valence-electron chi connectivity index (χ0n) is 8.67. The lowest BCUT2D eigenvalue weighted by Gasteiger charge is -2.04. The fourth-order valence-corrected chi connectivity index (χ4v) is 1.44. The first-order chi connectivity index (χ1) is 7.29. The third-order valence-corrected chi connectivity index (χ3v) is 2.12. The van der Waals surface area contributed by atoms with Crippen molar-refractivity contribution in [3.63, 3.8) is 0 Å². The van der Waals surface area contributed by atoms with Crippen LogP contribution in [0.4, 0.5) is 5.69 Å². The lowest BCUT2D eigenvalue weighted by molar-refractivity contribution is 0.584. The zero-order valence-corrected chi connectivity index (χ0v) is 8.67. The molecular weight excluding hydrogens is 192 g/mol. The minimum Gasteiger partial charge on any atom is -0.396 e. The Kier molecular flexibility index (Phi) is 2.66. The highest BCUT2D eigenvalue weighted by Gasteiger charge is 2.04. The van der Waals surface area contributed by atoms with E-state index < -0.39 is 0 Å². The number of hydrogen-bond acceptors (Lipinski definition) is 4. The lowest BCUT2D eigenvalue weighted by atomic mass is 10.4. The van der Waals surface area contributed by atoms with Crippen LogP contribution in [0.15, 0.2) is 18.7 Å². The van der Waals surface area contributed by atoms with Gasteiger partial charge in [0, 0.05) is 12.7 Å². The van der Waals surface area contributed by atoms with E-state index in [1.165, 1.54) is 0 Å². The summed E-state index contributed by atoms with van der Waals surface area (Å²) in [5.74, 6) is 0.903. The molecular formula is C9H14N6. The molecule has 0 aromatic carbocycles. The van der Waals surface area contributed by atoms with Gasteiger partial charge in [-0.2, -0.15) is 5.10 Å². The minimum atomic E-state index is 0.608. The van der Waals surface area contributed by atoms with Gasteiger partial charge in [0.2, 0.25) is 0 Å². The van der Waals surface area contributed by atoms with E-state index in [1.807, 2.05) is 4.57 Å². The van der Waals surface area contributed by atoms with Crippen molar-refractivity contribution in [1.29, 1.82) is 0 Å². The Morgan fingerprint density at radius 1 is 1.47 bits per heavy atom.